The summed E-state index contributed by atoms with van der Waals surface area (Å²) in [7, 11) is -5.87. The molecule has 1 N–H and O–H groups in total. The zero-order valence-electron chi connectivity index (χ0n) is 20.0. The van der Waals surface area contributed by atoms with Gasteiger partial charge in [0.05, 0.1) is 26.8 Å². The number of carbonyl (C=O) groups excluding carboxylic acids is 1. The Kier molecular flexibility index (Phi) is 9.57. The first-order valence-electron chi connectivity index (χ1n) is 10.7. The van der Waals surface area contributed by atoms with E-state index in [1.807, 2.05) is 0 Å². The van der Waals surface area contributed by atoms with Crippen molar-refractivity contribution in [2.45, 2.75) is 50.2 Å². The molecule has 0 aliphatic rings. The fraction of sp³-hybridized carbons (Fsp3) is 0.375. The molecule has 0 heterocycles. The van der Waals surface area contributed by atoms with E-state index >= 15 is 0 Å². The maximum atomic E-state index is 13.5. The van der Waals surface area contributed by atoms with Crippen molar-refractivity contribution in [2.75, 3.05) is 13.7 Å². The summed E-state index contributed by atoms with van der Waals surface area (Å²) in [5.41, 5.74) is -0.410. The van der Waals surface area contributed by atoms with E-state index in [1.165, 1.54) is 18.5 Å². The normalized spacial score (nSPS) is 15.9. The first-order valence-corrected chi connectivity index (χ1v) is 13.7. The molecule has 0 spiro atoms. The van der Waals surface area contributed by atoms with Gasteiger partial charge in [-0.05, 0) is 45.4 Å². The van der Waals surface area contributed by atoms with Gasteiger partial charge >= 0.3 is 16.3 Å². The second-order valence-electron chi connectivity index (χ2n) is 8.33. The number of hydrogen-bond donors (Lipinski definition) is 1. The Hall–Kier alpha value is -2.53. The molecule has 2 aromatic carbocycles. The summed E-state index contributed by atoms with van der Waals surface area (Å²) in [6, 6.07) is 16.1. The summed E-state index contributed by atoms with van der Waals surface area (Å²) in [6.07, 6.45) is 1.53. The molecular formula is C24H32N2O6S2. The number of esters is 1. The lowest BCUT2D eigenvalue weighted by atomic mass is 9.92. The van der Waals surface area contributed by atoms with E-state index in [0.29, 0.717) is 10.5 Å². The first-order chi connectivity index (χ1) is 15.9. The molecule has 0 amide bonds. The zero-order valence-corrected chi connectivity index (χ0v) is 21.6. The van der Waals surface area contributed by atoms with Crippen LogP contribution in [0.4, 0.5) is 0 Å². The predicted molar refractivity (Wildman–Crippen MR) is 133 cm³/mol. The van der Waals surface area contributed by atoms with Crippen LogP contribution in [-0.4, -0.2) is 43.9 Å². The standard InChI is InChI=1S/C24H32N2O6S2/c1-6-31-23(27)22(26-34(29,30)32-24(2,3)4)21(19-13-9-7-10-14-19)17-18-33(28,25-5)20-15-11-8-12-16-20/h7-18,21-22,26H,6H2,1-5H3/b18-17+/t21-,22-,33?/m0/s1. The second kappa shape index (κ2) is 11.7. The fourth-order valence-electron chi connectivity index (χ4n) is 3.15. The van der Waals surface area contributed by atoms with Gasteiger partial charge in [0.1, 0.15) is 6.04 Å². The molecule has 0 aliphatic carbocycles. The van der Waals surface area contributed by atoms with Crippen LogP contribution in [0.1, 0.15) is 39.2 Å². The summed E-state index contributed by atoms with van der Waals surface area (Å²) in [6.45, 7) is 6.42. The van der Waals surface area contributed by atoms with E-state index in [1.54, 1.807) is 88.4 Å². The minimum Gasteiger partial charge on any atom is -0.465 e. The molecule has 0 aromatic heterocycles. The van der Waals surface area contributed by atoms with Gasteiger partial charge in [-0.15, -0.1) is 0 Å². The number of benzene rings is 2. The van der Waals surface area contributed by atoms with Crippen molar-refractivity contribution >= 4 is 26.0 Å². The molecule has 0 radical (unpaired) electrons. The van der Waals surface area contributed by atoms with Gasteiger partial charge in [0.2, 0.25) is 0 Å². The molecule has 186 valence electrons. The largest absolute Gasteiger partial charge is 0.465 e. The molecule has 10 heteroatoms. The molecule has 0 saturated carbocycles. The Bertz CT molecular complexity index is 1200. The Balaban J connectivity index is 2.59. The maximum Gasteiger partial charge on any atom is 0.337 e. The lowest BCUT2D eigenvalue weighted by Crippen LogP contribution is -2.47. The van der Waals surface area contributed by atoms with Crippen molar-refractivity contribution in [1.82, 2.24) is 4.72 Å². The highest BCUT2D eigenvalue weighted by Crippen LogP contribution is 2.26. The van der Waals surface area contributed by atoms with Gasteiger partial charge in [-0.3, -0.25) is 8.98 Å². The van der Waals surface area contributed by atoms with Gasteiger partial charge in [-0.1, -0.05) is 54.6 Å². The highest BCUT2D eigenvalue weighted by molar-refractivity contribution is 7.96. The van der Waals surface area contributed by atoms with Crippen molar-refractivity contribution in [3.8, 4) is 0 Å². The Labute approximate surface area is 202 Å². The van der Waals surface area contributed by atoms with Crippen molar-refractivity contribution in [1.29, 1.82) is 0 Å². The number of rotatable bonds is 10. The summed E-state index contributed by atoms with van der Waals surface area (Å²) in [5.74, 6) is -1.65. The molecule has 0 bridgehead atoms. The number of hydrogen-bond acceptors (Lipinski definition) is 7. The van der Waals surface area contributed by atoms with Crippen molar-refractivity contribution < 1.29 is 26.3 Å². The molecule has 8 nitrogen and oxygen atoms in total. The third-order valence-corrected chi connectivity index (χ3v) is 7.82. The van der Waals surface area contributed by atoms with E-state index in [2.05, 4.69) is 9.08 Å². The van der Waals surface area contributed by atoms with Gasteiger partial charge in [0.25, 0.3) is 0 Å². The smallest absolute Gasteiger partial charge is 0.337 e. The summed E-state index contributed by atoms with van der Waals surface area (Å²) < 4.78 is 55.8. The van der Waals surface area contributed by atoms with E-state index in [9.17, 15) is 17.4 Å². The number of carbonyl (C=O) groups is 1. The number of nitrogens with one attached hydrogen (secondary N) is 1. The van der Waals surface area contributed by atoms with Crippen molar-refractivity contribution in [3.05, 3.63) is 77.7 Å². The van der Waals surface area contributed by atoms with Crippen LogP contribution in [0, 0.1) is 0 Å². The molecule has 0 fully saturated rings. The van der Waals surface area contributed by atoms with Crippen LogP contribution in [0.2, 0.25) is 0 Å². The average molecular weight is 509 g/mol. The predicted octanol–water partition coefficient (Wildman–Crippen LogP) is 4.02. The highest BCUT2D eigenvalue weighted by Gasteiger charge is 2.35. The SMILES string of the molecule is CCOC(=O)[C@@H](NS(=O)(=O)OC(C)(C)C)[C@@H](/C=C/S(=O)(=NC)c1ccccc1)c1ccccc1. The molecule has 0 saturated heterocycles. The third kappa shape index (κ3) is 8.05. The molecule has 2 rings (SSSR count). The summed E-state index contributed by atoms with van der Waals surface area (Å²) in [4.78, 5) is 13.4. The van der Waals surface area contributed by atoms with Gasteiger partial charge in [-0.2, -0.15) is 13.1 Å². The lowest BCUT2D eigenvalue weighted by Gasteiger charge is -2.26. The van der Waals surface area contributed by atoms with Gasteiger partial charge in [0.15, 0.2) is 0 Å². The highest BCUT2D eigenvalue weighted by atomic mass is 32.2. The first kappa shape index (κ1) is 27.7. The zero-order chi connectivity index (χ0) is 25.4. The van der Waals surface area contributed by atoms with Crippen molar-refractivity contribution in [2.24, 2.45) is 4.36 Å². The van der Waals surface area contributed by atoms with Gasteiger partial charge < -0.3 is 4.74 Å². The molecule has 3 atom stereocenters. The van der Waals surface area contributed by atoms with Crippen LogP contribution in [0.25, 0.3) is 0 Å². The number of nitrogens with zero attached hydrogens (tertiary/aromatic N) is 1. The minimum atomic E-state index is -4.35. The fourth-order valence-corrected chi connectivity index (χ4v) is 5.83. The Morgan fingerprint density at radius 2 is 1.59 bits per heavy atom. The van der Waals surface area contributed by atoms with Crippen LogP contribution in [0.5, 0.6) is 0 Å². The van der Waals surface area contributed by atoms with Crippen LogP contribution >= 0.6 is 0 Å². The second-order valence-corrected chi connectivity index (χ2v) is 11.9. The van der Waals surface area contributed by atoms with E-state index in [4.69, 9.17) is 8.92 Å². The molecular weight excluding hydrogens is 476 g/mol. The molecule has 1 unspecified atom stereocenters. The summed E-state index contributed by atoms with van der Waals surface area (Å²) in [5, 5.41) is 1.41. The number of ether oxygens (including phenoxy) is 1. The average Bonchev–Trinajstić information content (AvgIpc) is 2.78. The Morgan fingerprint density at radius 3 is 2.09 bits per heavy atom. The molecule has 2 aromatic rings. The van der Waals surface area contributed by atoms with E-state index < -0.39 is 43.6 Å². The monoisotopic (exact) mass is 508 g/mol. The van der Waals surface area contributed by atoms with Crippen LogP contribution < -0.4 is 4.72 Å². The van der Waals surface area contributed by atoms with E-state index in [0.717, 1.165) is 0 Å². The quantitative estimate of drug-likeness (QED) is 0.485. The van der Waals surface area contributed by atoms with Crippen LogP contribution in [0.15, 0.2) is 81.4 Å². The molecule has 0 aliphatic heterocycles. The topological polar surface area (TPSA) is 111 Å². The van der Waals surface area contributed by atoms with Crippen LogP contribution in [-0.2, 0) is 33.7 Å². The third-order valence-electron chi connectivity index (χ3n) is 4.54. The van der Waals surface area contributed by atoms with Crippen molar-refractivity contribution in [3.63, 3.8) is 0 Å². The lowest BCUT2D eigenvalue weighted by molar-refractivity contribution is -0.145. The van der Waals surface area contributed by atoms with Gasteiger partial charge in [-0.25, -0.2) is 8.57 Å². The van der Waals surface area contributed by atoms with Gasteiger partial charge in [0, 0.05) is 18.4 Å². The van der Waals surface area contributed by atoms with E-state index in [-0.39, 0.29) is 6.61 Å². The Morgan fingerprint density at radius 1 is 1.03 bits per heavy atom. The maximum absolute atomic E-state index is 13.5. The van der Waals surface area contributed by atoms with Crippen LogP contribution in [0.3, 0.4) is 0 Å². The minimum absolute atomic E-state index is 0.0491. The summed E-state index contributed by atoms with van der Waals surface area (Å²) >= 11 is 0. The molecule has 34 heavy (non-hydrogen) atoms.